The monoisotopic (exact) mass is 255 g/mol. The Labute approximate surface area is 75.8 Å². The molecule has 0 aromatic carbocycles. The molecule has 1 fully saturated rings. The smallest absolute Gasteiger partial charge is 0.0791 e. The largest absolute Gasteiger partial charge is 0.377 e. The predicted molar refractivity (Wildman–Crippen MR) is 50.7 cm³/mol. The van der Waals surface area contributed by atoms with E-state index in [-0.39, 0.29) is 5.60 Å². The molecule has 1 aliphatic heterocycles. The van der Waals surface area contributed by atoms with Crippen molar-refractivity contribution in [2.24, 2.45) is 0 Å². The van der Waals surface area contributed by atoms with E-state index >= 15 is 0 Å². The van der Waals surface area contributed by atoms with Crippen LogP contribution in [0.5, 0.6) is 0 Å². The highest BCUT2D eigenvalue weighted by molar-refractivity contribution is 14.1. The molecule has 0 aromatic rings. The number of piperidine rings is 1. The summed E-state index contributed by atoms with van der Waals surface area (Å²) in [5.41, 5.74) is 0.186. The number of hydrogen-bond acceptors (Lipinski definition) is 2. The lowest BCUT2D eigenvalue weighted by Crippen LogP contribution is -2.44. The molecule has 1 heterocycles. The molecule has 60 valence electrons. The lowest BCUT2D eigenvalue weighted by Gasteiger charge is -2.34. The van der Waals surface area contributed by atoms with Gasteiger partial charge in [0.2, 0.25) is 0 Å². The van der Waals surface area contributed by atoms with Gasteiger partial charge in [-0.25, -0.2) is 0 Å². The van der Waals surface area contributed by atoms with E-state index in [0.717, 1.165) is 30.4 Å². The predicted octanol–water partition coefficient (Wildman–Crippen LogP) is 1.19. The van der Waals surface area contributed by atoms with Gasteiger partial charge in [-0.05, 0) is 25.9 Å². The third-order valence-corrected chi connectivity index (χ3v) is 3.58. The van der Waals surface area contributed by atoms with E-state index in [4.69, 9.17) is 4.74 Å². The number of ether oxygens (including phenoxy) is 1. The Bertz CT molecular complexity index is 95.8. The molecule has 1 saturated heterocycles. The van der Waals surface area contributed by atoms with Gasteiger partial charge in [0.05, 0.1) is 5.60 Å². The van der Waals surface area contributed by atoms with Crippen LogP contribution in [0.15, 0.2) is 0 Å². The fourth-order valence-electron chi connectivity index (χ4n) is 1.27. The van der Waals surface area contributed by atoms with Crippen LogP contribution in [0.2, 0.25) is 0 Å². The zero-order chi connectivity index (χ0) is 7.45. The van der Waals surface area contributed by atoms with Gasteiger partial charge in [-0.1, -0.05) is 22.6 Å². The van der Waals surface area contributed by atoms with E-state index in [1.807, 2.05) is 7.11 Å². The molecule has 1 aliphatic rings. The van der Waals surface area contributed by atoms with Crippen LogP contribution >= 0.6 is 22.6 Å². The molecule has 0 atom stereocenters. The van der Waals surface area contributed by atoms with Crippen molar-refractivity contribution in [2.45, 2.75) is 18.4 Å². The molecule has 0 aromatic heterocycles. The van der Waals surface area contributed by atoms with Crippen LogP contribution in [0.4, 0.5) is 0 Å². The summed E-state index contributed by atoms with van der Waals surface area (Å²) in [6.45, 7) is 2.22. The van der Waals surface area contributed by atoms with Crippen molar-refractivity contribution < 1.29 is 4.74 Å². The molecule has 0 saturated carbocycles. The summed E-state index contributed by atoms with van der Waals surface area (Å²) < 4.78 is 6.59. The number of halogens is 1. The number of rotatable bonds is 2. The summed E-state index contributed by atoms with van der Waals surface area (Å²) in [5.74, 6) is 0. The summed E-state index contributed by atoms with van der Waals surface area (Å²) in [6.07, 6.45) is 2.32. The summed E-state index contributed by atoms with van der Waals surface area (Å²) in [4.78, 5) is 0. The third kappa shape index (κ3) is 1.83. The van der Waals surface area contributed by atoms with Gasteiger partial charge in [0.15, 0.2) is 0 Å². The molecule has 10 heavy (non-hydrogen) atoms. The minimum absolute atomic E-state index is 0.186. The highest BCUT2D eigenvalue weighted by atomic mass is 127. The molecule has 3 heteroatoms. The van der Waals surface area contributed by atoms with Gasteiger partial charge in [-0.2, -0.15) is 0 Å². The minimum Gasteiger partial charge on any atom is -0.377 e. The summed E-state index contributed by atoms with van der Waals surface area (Å²) in [6, 6.07) is 0. The molecule has 2 nitrogen and oxygen atoms in total. The van der Waals surface area contributed by atoms with Crippen molar-refractivity contribution >= 4 is 22.6 Å². The van der Waals surface area contributed by atoms with E-state index in [2.05, 4.69) is 27.9 Å². The fraction of sp³-hybridized carbons (Fsp3) is 1.00. The van der Waals surface area contributed by atoms with Crippen LogP contribution in [-0.4, -0.2) is 30.2 Å². The zero-order valence-corrected chi connectivity index (χ0v) is 8.48. The lowest BCUT2D eigenvalue weighted by molar-refractivity contribution is -0.0111. The minimum atomic E-state index is 0.186. The first-order valence-electron chi connectivity index (χ1n) is 3.65. The highest BCUT2D eigenvalue weighted by Crippen LogP contribution is 2.24. The molecule has 0 radical (unpaired) electrons. The molecular weight excluding hydrogens is 241 g/mol. The SMILES string of the molecule is COC1(CI)CCNCC1. The van der Waals surface area contributed by atoms with Crippen LogP contribution < -0.4 is 5.32 Å². The van der Waals surface area contributed by atoms with Crippen LogP contribution in [0, 0.1) is 0 Å². The Morgan fingerprint density at radius 3 is 2.40 bits per heavy atom. The maximum atomic E-state index is 5.48. The molecule has 0 aliphatic carbocycles. The van der Waals surface area contributed by atoms with Crippen molar-refractivity contribution in [1.82, 2.24) is 5.32 Å². The lowest BCUT2D eigenvalue weighted by atomic mass is 9.95. The van der Waals surface area contributed by atoms with Crippen LogP contribution in [0.25, 0.3) is 0 Å². The summed E-state index contributed by atoms with van der Waals surface area (Å²) >= 11 is 2.41. The Morgan fingerprint density at radius 1 is 1.50 bits per heavy atom. The van der Waals surface area contributed by atoms with Gasteiger partial charge in [0.25, 0.3) is 0 Å². The van der Waals surface area contributed by atoms with Crippen LogP contribution in [0.3, 0.4) is 0 Å². The second kappa shape index (κ2) is 3.88. The molecule has 1 N–H and O–H groups in total. The Morgan fingerprint density at radius 2 is 2.10 bits per heavy atom. The first-order chi connectivity index (χ1) is 4.83. The second-order valence-electron chi connectivity index (χ2n) is 2.77. The van der Waals surface area contributed by atoms with Gasteiger partial charge >= 0.3 is 0 Å². The van der Waals surface area contributed by atoms with Crippen LogP contribution in [-0.2, 0) is 4.74 Å². The van der Waals surface area contributed by atoms with Crippen molar-refractivity contribution in [3.05, 3.63) is 0 Å². The molecular formula is C7H14INO. The molecule has 0 spiro atoms. The first-order valence-corrected chi connectivity index (χ1v) is 5.17. The average molecular weight is 255 g/mol. The van der Waals surface area contributed by atoms with Crippen molar-refractivity contribution in [2.75, 3.05) is 24.6 Å². The Balaban J connectivity index is 2.44. The number of hydrogen-bond donors (Lipinski definition) is 1. The third-order valence-electron chi connectivity index (χ3n) is 2.19. The van der Waals surface area contributed by atoms with E-state index < -0.39 is 0 Å². The van der Waals surface area contributed by atoms with Gasteiger partial charge in [0.1, 0.15) is 0 Å². The van der Waals surface area contributed by atoms with E-state index in [1.165, 1.54) is 0 Å². The van der Waals surface area contributed by atoms with Crippen LogP contribution in [0.1, 0.15) is 12.8 Å². The highest BCUT2D eigenvalue weighted by Gasteiger charge is 2.29. The van der Waals surface area contributed by atoms with Crippen molar-refractivity contribution in [1.29, 1.82) is 0 Å². The van der Waals surface area contributed by atoms with Crippen molar-refractivity contribution in [3.8, 4) is 0 Å². The molecule has 1 rings (SSSR count). The maximum Gasteiger partial charge on any atom is 0.0791 e. The first kappa shape index (κ1) is 8.74. The van der Waals surface area contributed by atoms with Gasteiger partial charge < -0.3 is 10.1 Å². The number of alkyl halides is 1. The standard InChI is InChI=1S/C7H14INO/c1-10-7(6-8)2-4-9-5-3-7/h9H,2-6H2,1H3. The number of nitrogens with one attached hydrogen (secondary N) is 1. The quantitative estimate of drug-likeness (QED) is 0.591. The zero-order valence-electron chi connectivity index (χ0n) is 6.32. The molecule has 0 amide bonds. The van der Waals surface area contributed by atoms with E-state index in [0.29, 0.717) is 0 Å². The van der Waals surface area contributed by atoms with Gasteiger partial charge in [-0.15, -0.1) is 0 Å². The van der Waals surface area contributed by atoms with E-state index in [9.17, 15) is 0 Å². The van der Waals surface area contributed by atoms with E-state index in [1.54, 1.807) is 0 Å². The fourth-order valence-corrected chi connectivity index (χ4v) is 2.35. The average Bonchev–Trinajstić information content (AvgIpc) is 2.06. The maximum absolute atomic E-state index is 5.48. The van der Waals surface area contributed by atoms with Crippen molar-refractivity contribution in [3.63, 3.8) is 0 Å². The molecule has 0 bridgehead atoms. The Hall–Kier alpha value is 0.650. The normalized spacial score (nSPS) is 24.6. The summed E-state index contributed by atoms with van der Waals surface area (Å²) in [7, 11) is 1.82. The Kier molecular flexibility index (Phi) is 3.39. The topological polar surface area (TPSA) is 21.3 Å². The second-order valence-corrected chi connectivity index (χ2v) is 3.53. The van der Waals surface area contributed by atoms with Gasteiger partial charge in [0, 0.05) is 11.5 Å². The number of methoxy groups -OCH3 is 1. The molecule has 0 unspecified atom stereocenters. The van der Waals surface area contributed by atoms with Gasteiger partial charge in [-0.3, -0.25) is 0 Å². The summed E-state index contributed by atoms with van der Waals surface area (Å²) in [5, 5.41) is 3.32.